The van der Waals surface area contributed by atoms with Gasteiger partial charge >= 0.3 is 5.97 Å². The Morgan fingerprint density at radius 3 is 2.72 bits per heavy atom. The molecule has 1 aliphatic rings. The Hall–Kier alpha value is -2.89. The number of carboxylic acid groups (broad SMARTS) is 1. The monoisotopic (exact) mass is 343 g/mol. The van der Waals surface area contributed by atoms with Crippen molar-refractivity contribution >= 4 is 11.9 Å². The predicted octanol–water partition coefficient (Wildman–Crippen LogP) is 3.02. The van der Waals surface area contributed by atoms with Gasteiger partial charge in [0, 0.05) is 12.6 Å². The fraction of sp³-hybridized carbons (Fsp3) is 0.263. The van der Waals surface area contributed by atoms with Gasteiger partial charge in [-0.05, 0) is 66.3 Å². The highest BCUT2D eigenvalue weighted by Crippen LogP contribution is 2.32. The van der Waals surface area contributed by atoms with Crippen molar-refractivity contribution in [3.63, 3.8) is 0 Å². The van der Waals surface area contributed by atoms with Crippen molar-refractivity contribution in [1.82, 2.24) is 5.32 Å². The van der Waals surface area contributed by atoms with Crippen molar-refractivity contribution in [3.8, 4) is 16.9 Å². The number of carbonyl (C=O) groups excluding carboxylic acids is 1. The predicted molar refractivity (Wildman–Crippen MR) is 90.2 cm³/mol. The van der Waals surface area contributed by atoms with Crippen LogP contribution in [0.15, 0.2) is 36.4 Å². The highest BCUT2D eigenvalue weighted by atomic mass is 19.1. The number of amides is 1. The highest BCUT2D eigenvalue weighted by Gasteiger charge is 2.24. The molecule has 0 saturated carbocycles. The Bertz CT molecular complexity index is 834. The summed E-state index contributed by atoms with van der Waals surface area (Å²) in [5, 5.41) is 11.6. The second-order valence-corrected chi connectivity index (χ2v) is 5.97. The maximum Gasteiger partial charge on any atom is 0.344 e. The van der Waals surface area contributed by atoms with Crippen LogP contribution in [-0.2, 0) is 11.2 Å². The van der Waals surface area contributed by atoms with E-state index < -0.39 is 17.9 Å². The largest absolute Gasteiger partial charge is 0.479 e. The molecule has 0 fully saturated rings. The topological polar surface area (TPSA) is 75.6 Å². The van der Waals surface area contributed by atoms with Gasteiger partial charge in [0.05, 0.1) is 0 Å². The normalized spacial score (nSPS) is 16.3. The molecule has 0 radical (unpaired) electrons. The lowest BCUT2D eigenvalue weighted by Gasteiger charge is -2.14. The van der Waals surface area contributed by atoms with Gasteiger partial charge in [-0.3, -0.25) is 4.79 Å². The van der Waals surface area contributed by atoms with Crippen LogP contribution in [0, 0.1) is 5.82 Å². The van der Waals surface area contributed by atoms with Gasteiger partial charge in [0.25, 0.3) is 5.91 Å². The molecule has 2 aromatic rings. The minimum Gasteiger partial charge on any atom is -0.479 e. The smallest absolute Gasteiger partial charge is 0.344 e. The molecular weight excluding hydrogens is 325 g/mol. The van der Waals surface area contributed by atoms with Crippen LogP contribution in [0.5, 0.6) is 5.75 Å². The Morgan fingerprint density at radius 2 is 2.00 bits per heavy atom. The molecule has 3 rings (SSSR count). The molecule has 1 amide bonds. The molecule has 25 heavy (non-hydrogen) atoms. The highest BCUT2D eigenvalue weighted by molar-refractivity contribution is 5.95. The number of fused-ring (bicyclic) bond motifs is 1. The zero-order valence-electron chi connectivity index (χ0n) is 13.7. The molecule has 0 bridgehead atoms. The first kappa shape index (κ1) is 17.0. The molecule has 1 aliphatic heterocycles. The number of aryl methyl sites for hydroxylation is 1. The fourth-order valence-corrected chi connectivity index (χ4v) is 2.97. The number of rotatable bonds is 3. The molecular formula is C19H18FNO4. The van der Waals surface area contributed by atoms with E-state index in [1.807, 2.05) is 6.07 Å². The van der Waals surface area contributed by atoms with Gasteiger partial charge in [-0.2, -0.15) is 0 Å². The maximum absolute atomic E-state index is 13.9. The summed E-state index contributed by atoms with van der Waals surface area (Å²) in [4.78, 5) is 22.9. The quantitative estimate of drug-likeness (QED) is 0.898. The average molecular weight is 343 g/mol. The van der Waals surface area contributed by atoms with Crippen molar-refractivity contribution in [1.29, 1.82) is 0 Å². The number of hydrogen-bond donors (Lipinski definition) is 2. The molecule has 2 aromatic carbocycles. The minimum absolute atomic E-state index is 0.245. The second kappa shape index (κ2) is 6.93. The van der Waals surface area contributed by atoms with Gasteiger partial charge in [-0.15, -0.1) is 0 Å². The van der Waals surface area contributed by atoms with Crippen LogP contribution in [0.1, 0.15) is 28.8 Å². The van der Waals surface area contributed by atoms with Gasteiger partial charge in [0.1, 0.15) is 11.6 Å². The van der Waals surface area contributed by atoms with E-state index in [4.69, 9.17) is 9.84 Å². The van der Waals surface area contributed by atoms with Gasteiger partial charge < -0.3 is 15.2 Å². The molecule has 0 aliphatic carbocycles. The van der Waals surface area contributed by atoms with E-state index in [2.05, 4.69) is 5.32 Å². The third-order valence-electron chi connectivity index (χ3n) is 4.24. The summed E-state index contributed by atoms with van der Waals surface area (Å²) in [6.07, 6.45) is 0.978. The maximum atomic E-state index is 13.9. The first-order valence-electron chi connectivity index (χ1n) is 8.03. The number of nitrogens with one attached hydrogen (secondary N) is 1. The van der Waals surface area contributed by atoms with Gasteiger partial charge in [0.15, 0.2) is 6.10 Å². The first-order chi connectivity index (χ1) is 12.0. The fourth-order valence-electron chi connectivity index (χ4n) is 2.97. The summed E-state index contributed by atoms with van der Waals surface area (Å²) in [6.45, 7) is 0. The number of ether oxygens (including phenoxy) is 1. The third-order valence-corrected chi connectivity index (χ3v) is 4.24. The average Bonchev–Trinajstić information content (AvgIpc) is 2.82. The summed E-state index contributed by atoms with van der Waals surface area (Å²) in [5.41, 5.74) is 2.46. The molecule has 0 aromatic heterocycles. The van der Waals surface area contributed by atoms with E-state index in [0.29, 0.717) is 30.6 Å². The molecule has 0 saturated heterocycles. The number of aliphatic carboxylic acids is 1. The number of halogens is 1. The Balaban J connectivity index is 1.98. The van der Waals surface area contributed by atoms with Crippen molar-refractivity contribution in [2.75, 3.05) is 7.05 Å². The Labute approximate surface area is 144 Å². The van der Waals surface area contributed by atoms with Gasteiger partial charge in [-0.1, -0.05) is 6.07 Å². The number of carbonyl (C=O) groups is 2. The molecule has 6 heteroatoms. The lowest BCUT2D eigenvalue weighted by Crippen LogP contribution is -2.25. The van der Waals surface area contributed by atoms with Crippen LogP contribution < -0.4 is 10.1 Å². The van der Waals surface area contributed by atoms with Gasteiger partial charge in [0.2, 0.25) is 0 Å². The van der Waals surface area contributed by atoms with E-state index in [9.17, 15) is 14.0 Å². The minimum atomic E-state index is -0.975. The van der Waals surface area contributed by atoms with Crippen molar-refractivity contribution in [3.05, 3.63) is 53.3 Å². The lowest BCUT2D eigenvalue weighted by molar-refractivity contribution is -0.145. The van der Waals surface area contributed by atoms with E-state index in [-0.39, 0.29) is 11.5 Å². The lowest BCUT2D eigenvalue weighted by atomic mass is 9.98. The van der Waals surface area contributed by atoms with Crippen LogP contribution in [0.3, 0.4) is 0 Å². The second-order valence-electron chi connectivity index (χ2n) is 5.97. The van der Waals surface area contributed by atoms with Crippen molar-refractivity contribution < 1.29 is 23.8 Å². The van der Waals surface area contributed by atoms with Crippen LogP contribution >= 0.6 is 0 Å². The zero-order chi connectivity index (χ0) is 18.0. The summed E-state index contributed by atoms with van der Waals surface area (Å²) in [5.74, 6) is -1.29. The van der Waals surface area contributed by atoms with E-state index in [0.717, 1.165) is 11.1 Å². The zero-order valence-corrected chi connectivity index (χ0v) is 13.7. The summed E-state index contributed by atoms with van der Waals surface area (Å²) < 4.78 is 19.5. The number of benzene rings is 2. The molecule has 1 atom stereocenters. The summed E-state index contributed by atoms with van der Waals surface area (Å²) in [7, 11) is 1.49. The van der Waals surface area contributed by atoms with Crippen LogP contribution in [0.4, 0.5) is 4.39 Å². The van der Waals surface area contributed by atoms with E-state index in [1.165, 1.54) is 19.2 Å². The van der Waals surface area contributed by atoms with Gasteiger partial charge in [-0.25, -0.2) is 9.18 Å². The van der Waals surface area contributed by atoms with Crippen molar-refractivity contribution in [2.45, 2.75) is 25.4 Å². The van der Waals surface area contributed by atoms with Crippen LogP contribution in [0.2, 0.25) is 0 Å². The van der Waals surface area contributed by atoms with E-state index in [1.54, 1.807) is 18.2 Å². The molecule has 5 nitrogen and oxygen atoms in total. The first-order valence-corrected chi connectivity index (χ1v) is 8.03. The standard InChI is InChI=1S/C19H18FNO4/c1-21-18(22)14-8-13(9-15(20)10-14)11-5-6-16-12(7-11)3-2-4-17(25-16)19(23)24/h5-10,17H,2-4H2,1H3,(H,21,22)(H,23,24). The molecule has 1 heterocycles. The third kappa shape index (κ3) is 3.63. The Kier molecular flexibility index (Phi) is 4.70. The molecule has 130 valence electrons. The molecule has 2 N–H and O–H groups in total. The van der Waals surface area contributed by atoms with Crippen molar-refractivity contribution in [2.24, 2.45) is 0 Å². The summed E-state index contributed by atoms with van der Waals surface area (Å²) in [6, 6.07) is 9.49. The molecule has 0 spiro atoms. The summed E-state index contributed by atoms with van der Waals surface area (Å²) >= 11 is 0. The molecule has 1 unspecified atom stereocenters. The van der Waals surface area contributed by atoms with E-state index >= 15 is 0 Å². The number of hydrogen-bond acceptors (Lipinski definition) is 3. The van der Waals surface area contributed by atoms with Crippen LogP contribution in [0.25, 0.3) is 11.1 Å². The Morgan fingerprint density at radius 1 is 1.20 bits per heavy atom. The SMILES string of the molecule is CNC(=O)c1cc(F)cc(-c2ccc3c(c2)CCCC(C(=O)O)O3)c1. The van der Waals surface area contributed by atoms with Crippen LogP contribution in [-0.4, -0.2) is 30.1 Å². The number of carboxylic acids is 1.